The molecular weight excluding hydrogens is 374 g/mol. The topological polar surface area (TPSA) is 73.2 Å². The van der Waals surface area contributed by atoms with Gasteiger partial charge in [0.25, 0.3) is 5.56 Å². The third-order valence-electron chi connectivity index (χ3n) is 4.15. The monoisotopic (exact) mass is 395 g/mol. The van der Waals surface area contributed by atoms with E-state index in [9.17, 15) is 9.59 Å². The molecule has 0 aliphatic heterocycles. The molecular formula is C21H21N3O3S. The van der Waals surface area contributed by atoms with E-state index < -0.39 is 5.25 Å². The van der Waals surface area contributed by atoms with Gasteiger partial charge in [0, 0.05) is 6.54 Å². The van der Waals surface area contributed by atoms with Gasteiger partial charge < -0.3 is 10.1 Å². The van der Waals surface area contributed by atoms with Crippen molar-refractivity contribution in [2.75, 3.05) is 12.4 Å². The molecule has 3 rings (SSSR count). The minimum atomic E-state index is -0.478. The van der Waals surface area contributed by atoms with Gasteiger partial charge in [-0.2, -0.15) is 0 Å². The van der Waals surface area contributed by atoms with Crippen molar-refractivity contribution in [3.63, 3.8) is 0 Å². The summed E-state index contributed by atoms with van der Waals surface area (Å²) in [5, 5.41) is 3.41. The van der Waals surface area contributed by atoms with Gasteiger partial charge in [0.1, 0.15) is 5.75 Å². The Morgan fingerprint density at radius 1 is 1.29 bits per heavy atom. The fourth-order valence-electron chi connectivity index (χ4n) is 2.72. The highest BCUT2D eigenvalue weighted by Gasteiger charge is 2.20. The highest BCUT2D eigenvalue weighted by atomic mass is 32.2. The van der Waals surface area contributed by atoms with Crippen LogP contribution in [0.5, 0.6) is 5.75 Å². The van der Waals surface area contributed by atoms with Crippen molar-refractivity contribution < 1.29 is 9.53 Å². The summed E-state index contributed by atoms with van der Waals surface area (Å²) in [5.74, 6) is 0.377. The first-order valence-corrected chi connectivity index (χ1v) is 9.64. The van der Waals surface area contributed by atoms with Gasteiger partial charge in [-0.25, -0.2) is 4.98 Å². The number of anilines is 1. The molecule has 0 bridgehead atoms. The molecule has 0 aliphatic rings. The van der Waals surface area contributed by atoms with Crippen molar-refractivity contribution in [1.82, 2.24) is 9.55 Å². The highest BCUT2D eigenvalue weighted by Crippen LogP contribution is 2.27. The van der Waals surface area contributed by atoms with Crippen LogP contribution in [0, 0.1) is 0 Å². The average molecular weight is 395 g/mol. The second-order valence-corrected chi connectivity index (χ2v) is 7.37. The Labute approximate surface area is 167 Å². The van der Waals surface area contributed by atoms with Crippen LogP contribution in [0.15, 0.2) is 71.1 Å². The molecule has 0 fully saturated rings. The van der Waals surface area contributed by atoms with Crippen LogP contribution >= 0.6 is 11.8 Å². The van der Waals surface area contributed by atoms with Crippen molar-refractivity contribution in [2.45, 2.75) is 23.9 Å². The summed E-state index contributed by atoms with van der Waals surface area (Å²) in [6.45, 7) is 5.81. The number of rotatable bonds is 7. The number of allylic oxidation sites excluding steroid dienone is 1. The van der Waals surface area contributed by atoms with Crippen LogP contribution in [0.4, 0.5) is 5.69 Å². The van der Waals surface area contributed by atoms with Crippen LogP contribution in [0.25, 0.3) is 10.9 Å². The van der Waals surface area contributed by atoms with Gasteiger partial charge in [0.15, 0.2) is 5.16 Å². The first-order valence-electron chi connectivity index (χ1n) is 8.76. The maximum Gasteiger partial charge on any atom is 0.262 e. The standard InChI is InChI=1S/C21H21N3O3S/c1-4-13-24-20(26)15-9-5-6-10-16(15)23-21(24)28-14(2)19(25)22-17-11-7-8-12-18(17)27-3/h4-12,14H,1,13H2,2-3H3,(H,22,25)/t14-/m0/s1. The summed E-state index contributed by atoms with van der Waals surface area (Å²) < 4.78 is 6.80. The average Bonchev–Trinajstić information content (AvgIpc) is 2.71. The minimum absolute atomic E-state index is 0.148. The lowest BCUT2D eigenvalue weighted by Crippen LogP contribution is -2.27. The molecule has 0 saturated heterocycles. The van der Waals surface area contributed by atoms with E-state index in [-0.39, 0.29) is 11.5 Å². The van der Waals surface area contributed by atoms with Crippen molar-refractivity contribution >= 4 is 34.3 Å². The van der Waals surface area contributed by atoms with Crippen LogP contribution in [-0.2, 0) is 11.3 Å². The van der Waals surface area contributed by atoms with Gasteiger partial charge in [0.05, 0.1) is 29.0 Å². The number of amides is 1. The molecule has 0 radical (unpaired) electrons. The van der Waals surface area contributed by atoms with E-state index in [1.54, 1.807) is 50.4 Å². The van der Waals surface area contributed by atoms with Gasteiger partial charge in [-0.1, -0.05) is 42.1 Å². The summed E-state index contributed by atoms with van der Waals surface area (Å²) in [4.78, 5) is 30.1. The number of hydrogen-bond acceptors (Lipinski definition) is 5. The van der Waals surface area contributed by atoms with Gasteiger partial charge in [0.2, 0.25) is 5.91 Å². The van der Waals surface area contributed by atoms with Gasteiger partial charge in [-0.3, -0.25) is 14.2 Å². The number of fused-ring (bicyclic) bond motifs is 1. The lowest BCUT2D eigenvalue weighted by atomic mass is 10.2. The molecule has 0 spiro atoms. The van der Waals surface area contributed by atoms with Crippen molar-refractivity contribution in [3.05, 3.63) is 71.5 Å². The van der Waals surface area contributed by atoms with Crippen molar-refractivity contribution in [1.29, 1.82) is 0 Å². The lowest BCUT2D eigenvalue weighted by molar-refractivity contribution is -0.115. The number of nitrogens with zero attached hydrogens (tertiary/aromatic N) is 2. The molecule has 144 valence electrons. The number of nitrogens with one attached hydrogen (secondary N) is 1. The fourth-order valence-corrected chi connectivity index (χ4v) is 3.64. The molecule has 1 N–H and O–H groups in total. The van der Waals surface area contributed by atoms with Crippen molar-refractivity contribution in [3.8, 4) is 5.75 Å². The molecule has 28 heavy (non-hydrogen) atoms. The molecule has 1 heterocycles. The largest absolute Gasteiger partial charge is 0.495 e. The summed E-state index contributed by atoms with van der Waals surface area (Å²) in [6.07, 6.45) is 1.64. The maximum atomic E-state index is 12.8. The Morgan fingerprint density at radius 2 is 2.00 bits per heavy atom. The number of methoxy groups -OCH3 is 1. The molecule has 0 aliphatic carbocycles. The Balaban J connectivity index is 1.88. The molecule has 2 aromatic carbocycles. The summed E-state index contributed by atoms with van der Waals surface area (Å²) in [5.41, 5.74) is 1.05. The third-order valence-corrected chi connectivity index (χ3v) is 5.24. The highest BCUT2D eigenvalue weighted by molar-refractivity contribution is 8.00. The van der Waals surface area contributed by atoms with E-state index in [0.717, 1.165) is 0 Å². The minimum Gasteiger partial charge on any atom is -0.495 e. The Hall–Kier alpha value is -3.06. The lowest BCUT2D eigenvalue weighted by Gasteiger charge is -2.16. The van der Waals surface area contributed by atoms with Gasteiger partial charge in [-0.05, 0) is 31.2 Å². The quantitative estimate of drug-likeness (QED) is 0.375. The van der Waals surface area contributed by atoms with Crippen molar-refractivity contribution in [2.24, 2.45) is 0 Å². The zero-order valence-corrected chi connectivity index (χ0v) is 16.5. The van der Waals surface area contributed by atoms with E-state index in [0.29, 0.717) is 34.0 Å². The molecule has 6 nitrogen and oxygen atoms in total. The second-order valence-electron chi connectivity index (χ2n) is 6.07. The van der Waals surface area contributed by atoms with E-state index in [1.807, 2.05) is 18.2 Å². The predicted octanol–water partition coefficient (Wildman–Crippen LogP) is 3.71. The number of carbonyl (C=O) groups excluding carboxylic acids is 1. The number of para-hydroxylation sites is 3. The predicted molar refractivity (Wildman–Crippen MR) is 113 cm³/mol. The summed E-state index contributed by atoms with van der Waals surface area (Å²) >= 11 is 1.23. The first-order chi connectivity index (χ1) is 13.5. The van der Waals surface area contributed by atoms with E-state index >= 15 is 0 Å². The molecule has 1 aromatic heterocycles. The Morgan fingerprint density at radius 3 is 2.75 bits per heavy atom. The van der Waals surface area contributed by atoms with Gasteiger partial charge in [-0.15, -0.1) is 6.58 Å². The molecule has 0 unspecified atom stereocenters. The van der Waals surface area contributed by atoms with E-state index in [1.165, 1.54) is 16.3 Å². The van der Waals surface area contributed by atoms with Crippen LogP contribution in [0.3, 0.4) is 0 Å². The van der Waals surface area contributed by atoms with Crippen LogP contribution < -0.4 is 15.6 Å². The number of aromatic nitrogens is 2. The second kappa shape index (κ2) is 8.75. The SMILES string of the molecule is C=CCn1c(S[C@@H](C)C(=O)Nc2ccccc2OC)nc2ccccc2c1=O. The molecule has 1 atom stereocenters. The Bertz CT molecular complexity index is 1080. The zero-order chi connectivity index (χ0) is 20.1. The van der Waals surface area contributed by atoms with Crippen LogP contribution in [0.2, 0.25) is 0 Å². The van der Waals surface area contributed by atoms with E-state index in [4.69, 9.17) is 4.74 Å². The smallest absolute Gasteiger partial charge is 0.262 e. The molecule has 7 heteroatoms. The maximum absolute atomic E-state index is 12.8. The fraction of sp³-hybridized carbons (Fsp3) is 0.190. The third kappa shape index (κ3) is 4.09. The van der Waals surface area contributed by atoms with Gasteiger partial charge >= 0.3 is 0 Å². The van der Waals surface area contributed by atoms with Crippen LogP contribution in [0.1, 0.15) is 6.92 Å². The molecule has 0 saturated carbocycles. The summed E-state index contributed by atoms with van der Waals surface area (Å²) in [6, 6.07) is 14.4. The Kier molecular flexibility index (Phi) is 6.16. The number of carbonyl (C=O) groups is 1. The molecule has 1 amide bonds. The number of hydrogen-bond donors (Lipinski definition) is 1. The molecule has 3 aromatic rings. The normalized spacial score (nSPS) is 11.8. The van der Waals surface area contributed by atoms with Crippen LogP contribution in [-0.4, -0.2) is 27.8 Å². The first kappa shape index (κ1) is 19.7. The number of benzene rings is 2. The zero-order valence-electron chi connectivity index (χ0n) is 15.7. The summed E-state index contributed by atoms with van der Waals surface area (Å²) in [7, 11) is 1.55. The number of thioether (sulfide) groups is 1. The number of ether oxygens (including phenoxy) is 1. The van der Waals surface area contributed by atoms with E-state index in [2.05, 4.69) is 16.9 Å².